The Bertz CT molecular complexity index is 714. The molecule has 122 valence electrons. The smallest absolute Gasteiger partial charge is 0.308 e. The summed E-state index contributed by atoms with van der Waals surface area (Å²) < 4.78 is 5.78. The van der Waals surface area contributed by atoms with E-state index in [4.69, 9.17) is 4.74 Å². The second kappa shape index (κ2) is 6.44. The summed E-state index contributed by atoms with van der Waals surface area (Å²) in [4.78, 5) is 17.9. The van der Waals surface area contributed by atoms with Gasteiger partial charge in [-0.1, -0.05) is 0 Å². The lowest BCUT2D eigenvalue weighted by Crippen LogP contribution is -2.38. The zero-order chi connectivity index (χ0) is 16.4. The molecule has 3 rings (SSSR count). The Balaban J connectivity index is 1.97. The third-order valence-corrected chi connectivity index (χ3v) is 4.17. The molecule has 1 N–H and O–H groups in total. The zero-order valence-electron chi connectivity index (χ0n) is 13.5. The predicted octanol–water partition coefficient (Wildman–Crippen LogP) is 3.32. The molecule has 5 nitrogen and oxygen atoms in total. The van der Waals surface area contributed by atoms with Crippen molar-refractivity contribution in [1.82, 2.24) is 4.98 Å². The van der Waals surface area contributed by atoms with E-state index < -0.39 is 5.97 Å². The molecule has 5 heteroatoms. The summed E-state index contributed by atoms with van der Waals surface area (Å²) in [6.07, 6.45) is 3.53. The number of carbonyl (C=O) groups is 1. The average Bonchev–Trinajstić information content (AvgIpc) is 2.53. The van der Waals surface area contributed by atoms with E-state index in [1.807, 2.05) is 38.1 Å². The number of hydrogen-bond acceptors (Lipinski definition) is 4. The van der Waals surface area contributed by atoms with Crippen LogP contribution in [-0.2, 0) is 4.79 Å². The second-order valence-corrected chi connectivity index (χ2v) is 6.30. The lowest BCUT2D eigenvalue weighted by Gasteiger charge is -2.33. The third-order valence-electron chi connectivity index (χ3n) is 4.17. The van der Waals surface area contributed by atoms with E-state index in [0.717, 1.165) is 41.7 Å². The summed E-state index contributed by atoms with van der Waals surface area (Å²) in [5.74, 6) is -0.201. The van der Waals surface area contributed by atoms with Crippen LogP contribution < -0.4 is 9.64 Å². The van der Waals surface area contributed by atoms with E-state index in [-0.39, 0.29) is 12.0 Å². The molecule has 1 aliphatic rings. The van der Waals surface area contributed by atoms with Gasteiger partial charge < -0.3 is 14.7 Å². The van der Waals surface area contributed by atoms with Crippen LogP contribution in [0.2, 0.25) is 0 Å². The molecule has 1 fully saturated rings. The van der Waals surface area contributed by atoms with Crippen LogP contribution in [0.3, 0.4) is 0 Å². The highest BCUT2D eigenvalue weighted by molar-refractivity contribution is 5.92. The van der Waals surface area contributed by atoms with Gasteiger partial charge in [0.05, 0.1) is 17.5 Å². The topological polar surface area (TPSA) is 62.7 Å². The van der Waals surface area contributed by atoms with Gasteiger partial charge in [-0.2, -0.15) is 0 Å². The van der Waals surface area contributed by atoms with E-state index in [1.54, 1.807) is 6.20 Å². The number of carboxylic acid groups (broad SMARTS) is 1. The van der Waals surface area contributed by atoms with Gasteiger partial charge in [0.25, 0.3) is 0 Å². The lowest BCUT2D eigenvalue weighted by atomic mass is 9.97. The molecule has 2 heterocycles. The van der Waals surface area contributed by atoms with Crippen LogP contribution >= 0.6 is 0 Å². The number of carboxylic acids is 1. The molecule has 1 unspecified atom stereocenters. The molecular weight excluding hydrogens is 292 g/mol. The SMILES string of the molecule is CC(C)Oc1ccc2nccc(N3CCCC(C(=O)O)C3)c2c1. The minimum absolute atomic E-state index is 0.110. The second-order valence-electron chi connectivity index (χ2n) is 6.30. The predicted molar refractivity (Wildman–Crippen MR) is 90.1 cm³/mol. The van der Waals surface area contributed by atoms with Gasteiger partial charge in [0, 0.05) is 30.4 Å². The Kier molecular flexibility index (Phi) is 4.37. The summed E-state index contributed by atoms with van der Waals surface area (Å²) in [5, 5.41) is 10.3. The zero-order valence-corrected chi connectivity index (χ0v) is 13.5. The van der Waals surface area contributed by atoms with Crippen molar-refractivity contribution < 1.29 is 14.6 Å². The first-order chi connectivity index (χ1) is 11.0. The summed E-state index contributed by atoms with van der Waals surface area (Å²) >= 11 is 0. The third kappa shape index (κ3) is 3.38. The fraction of sp³-hybridized carbons (Fsp3) is 0.444. The molecule has 1 saturated heterocycles. The van der Waals surface area contributed by atoms with E-state index >= 15 is 0 Å². The standard InChI is InChI=1S/C18H22N2O3/c1-12(2)23-14-5-6-16-15(10-14)17(7-8-19-16)20-9-3-4-13(11-20)18(21)22/h5-8,10,12-13H,3-4,9,11H2,1-2H3,(H,21,22). The first-order valence-electron chi connectivity index (χ1n) is 8.08. The normalized spacial score (nSPS) is 18.4. The van der Waals surface area contributed by atoms with Gasteiger partial charge >= 0.3 is 5.97 Å². The van der Waals surface area contributed by atoms with Gasteiger partial charge in [-0.25, -0.2) is 0 Å². The van der Waals surface area contributed by atoms with E-state index in [2.05, 4.69) is 9.88 Å². The first-order valence-corrected chi connectivity index (χ1v) is 8.08. The van der Waals surface area contributed by atoms with Crippen molar-refractivity contribution in [3.63, 3.8) is 0 Å². The number of piperidine rings is 1. The number of ether oxygens (including phenoxy) is 1. The number of fused-ring (bicyclic) bond motifs is 1. The van der Waals surface area contributed by atoms with Crippen LogP contribution in [0.25, 0.3) is 10.9 Å². The molecule has 0 aliphatic carbocycles. The lowest BCUT2D eigenvalue weighted by molar-refractivity contribution is -0.141. The highest BCUT2D eigenvalue weighted by atomic mass is 16.5. The van der Waals surface area contributed by atoms with Crippen molar-refractivity contribution in [2.45, 2.75) is 32.8 Å². The van der Waals surface area contributed by atoms with E-state index in [9.17, 15) is 9.90 Å². The highest BCUT2D eigenvalue weighted by Crippen LogP contribution is 2.32. The van der Waals surface area contributed by atoms with Gasteiger partial charge in [0.2, 0.25) is 0 Å². The Labute approximate surface area is 135 Å². The van der Waals surface area contributed by atoms with Crippen molar-refractivity contribution in [3.8, 4) is 5.75 Å². The molecule has 0 saturated carbocycles. The quantitative estimate of drug-likeness (QED) is 0.938. The molecule has 0 amide bonds. The summed E-state index contributed by atoms with van der Waals surface area (Å²) in [6.45, 7) is 5.41. The van der Waals surface area contributed by atoms with Gasteiger partial charge in [-0.15, -0.1) is 0 Å². The molecule has 0 spiro atoms. The number of rotatable bonds is 4. The molecule has 1 aromatic heterocycles. The van der Waals surface area contributed by atoms with Crippen LogP contribution in [-0.4, -0.2) is 35.3 Å². The highest BCUT2D eigenvalue weighted by Gasteiger charge is 2.26. The number of benzene rings is 1. The average molecular weight is 314 g/mol. The summed E-state index contributed by atoms with van der Waals surface area (Å²) in [7, 11) is 0. The maximum atomic E-state index is 11.3. The summed E-state index contributed by atoms with van der Waals surface area (Å²) in [5.41, 5.74) is 1.94. The van der Waals surface area contributed by atoms with Crippen molar-refractivity contribution in [1.29, 1.82) is 0 Å². The number of aliphatic carboxylic acids is 1. The molecular formula is C18H22N2O3. The largest absolute Gasteiger partial charge is 0.491 e. The molecule has 0 radical (unpaired) electrons. The van der Waals surface area contributed by atoms with Crippen LogP contribution in [0.15, 0.2) is 30.5 Å². The number of anilines is 1. The molecule has 1 atom stereocenters. The number of hydrogen-bond donors (Lipinski definition) is 1. The minimum Gasteiger partial charge on any atom is -0.491 e. The molecule has 0 bridgehead atoms. The van der Waals surface area contributed by atoms with Crippen LogP contribution in [0.4, 0.5) is 5.69 Å². The summed E-state index contributed by atoms with van der Waals surface area (Å²) in [6, 6.07) is 7.85. The van der Waals surface area contributed by atoms with Crippen molar-refractivity contribution in [3.05, 3.63) is 30.5 Å². The first kappa shape index (κ1) is 15.6. The number of nitrogens with zero attached hydrogens (tertiary/aromatic N) is 2. The fourth-order valence-electron chi connectivity index (χ4n) is 3.13. The number of pyridine rings is 1. The van der Waals surface area contributed by atoms with Gasteiger partial charge in [-0.05, 0) is 51.0 Å². The van der Waals surface area contributed by atoms with Crippen molar-refractivity contribution in [2.75, 3.05) is 18.0 Å². The van der Waals surface area contributed by atoms with E-state index in [1.165, 1.54) is 0 Å². The van der Waals surface area contributed by atoms with Gasteiger partial charge in [-0.3, -0.25) is 9.78 Å². The van der Waals surface area contributed by atoms with Crippen LogP contribution in [0, 0.1) is 5.92 Å². The number of aromatic nitrogens is 1. The van der Waals surface area contributed by atoms with Crippen LogP contribution in [0.1, 0.15) is 26.7 Å². The Morgan fingerprint density at radius 1 is 1.39 bits per heavy atom. The molecule has 2 aromatic rings. The van der Waals surface area contributed by atoms with Crippen LogP contribution in [0.5, 0.6) is 5.75 Å². The fourth-order valence-corrected chi connectivity index (χ4v) is 3.13. The van der Waals surface area contributed by atoms with Gasteiger partial charge in [0.15, 0.2) is 0 Å². The molecule has 23 heavy (non-hydrogen) atoms. The minimum atomic E-state index is -0.711. The molecule has 1 aliphatic heterocycles. The Morgan fingerprint density at radius 3 is 2.96 bits per heavy atom. The maximum Gasteiger partial charge on any atom is 0.308 e. The molecule has 1 aromatic carbocycles. The Morgan fingerprint density at radius 2 is 2.22 bits per heavy atom. The maximum absolute atomic E-state index is 11.3. The van der Waals surface area contributed by atoms with Crippen molar-refractivity contribution >= 4 is 22.6 Å². The van der Waals surface area contributed by atoms with Crippen molar-refractivity contribution in [2.24, 2.45) is 5.92 Å². The van der Waals surface area contributed by atoms with E-state index in [0.29, 0.717) is 6.54 Å². The Hall–Kier alpha value is -2.30. The monoisotopic (exact) mass is 314 g/mol. The van der Waals surface area contributed by atoms with Gasteiger partial charge in [0.1, 0.15) is 5.75 Å².